The molecule has 0 aliphatic heterocycles. The van der Waals surface area contributed by atoms with Crippen LogP contribution in [0.4, 0.5) is 14.5 Å². The van der Waals surface area contributed by atoms with Crippen LogP contribution in [0.25, 0.3) is 0 Å². The molecular formula is C10H8F2N4O2S. The third-order valence-corrected chi connectivity index (χ3v) is 3.43. The first-order valence-corrected chi connectivity index (χ1v) is 5.91. The van der Waals surface area contributed by atoms with Crippen LogP contribution in [0.15, 0.2) is 34.3 Å². The number of benzene rings is 1. The molecule has 0 bridgehead atoms. The van der Waals surface area contributed by atoms with E-state index in [1.165, 1.54) is 25.2 Å². The second-order valence-corrected chi connectivity index (χ2v) is 4.54. The number of nitrogens with zero attached hydrogens (tertiary/aromatic N) is 4. The number of nitro groups is 1. The molecule has 6 nitrogen and oxygen atoms in total. The lowest BCUT2D eigenvalue weighted by atomic mass is 10.3. The average Bonchev–Trinajstić information content (AvgIpc) is 2.71. The molecular weight excluding hydrogens is 278 g/mol. The van der Waals surface area contributed by atoms with E-state index < -0.39 is 17.2 Å². The number of para-hydroxylation sites is 1. The maximum absolute atomic E-state index is 12.5. The zero-order valence-corrected chi connectivity index (χ0v) is 10.5. The molecule has 0 unspecified atom stereocenters. The monoisotopic (exact) mass is 286 g/mol. The van der Waals surface area contributed by atoms with Gasteiger partial charge in [0.15, 0.2) is 5.16 Å². The molecule has 0 N–H and O–H groups in total. The first-order valence-electron chi connectivity index (χ1n) is 5.09. The van der Waals surface area contributed by atoms with Gasteiger partial charge in [0, 0.05) is 13.1 Å². The second-order valence-electron chi connectivity index (χ2n) is 3.53. The predicted molar refractivity (Wildman–Crippen MR) is 63.2 cm³/mol. The van der Waals surface area contributed by atoms with E-state index in [1.807, 2.05) is 0 Å². The van der Waals surface area contributed by atoms with Gasteiger partial charge in [-0.1, -0.05) is 12.1 Å². The van der Waals surface area contributed by atoms with Crippen molar-refractivity contribution in [3.8, 4) is 0 Å². The van der Waals surface area contributed by atoms with Crippen molar-refractivity contribution in [1.29, 1.82) is 0 Å². The number of alkyl halides is 2. The molecule has 2 aromatic rings. The summed E-state index contributed by atoms with van der Waals surface area (Å²) in [6.07, 6.45) is -2.74. The van der Waals surface area contributed by atoms with E-state index in [0.717, 1.165) is 16.3 Å². The van der Waals surface area contributed by atoms with Crippen LogP contribution in [0.1, 0.15) is 12.2 Å². The zero-order chi connectivity index (χ0) is 14.0. The van der Waals surface area contributed by atoms with Crippen LogP contribution in [-0.4, -0.2) is 19.7 Å². The summed E-state index contributed by atoms with van der Waals surface area (Å²) in [7, 11) is 1.39. The third kappa shape index (κ3) is 2.70. The summed E-state index contributed by atoms with van der Waals surface area (Å²) in [6.45, 7) is 0. The maximum Gasteiger partial charge on any atom is 0.297 e. The number of aromatic nitrogens is 3. The standard InChI is InChI=1S/C10H8F2N4O2S/c1-15-9(8(11)12)13-14-10(15)19-7-5-3-2-4-6(7)16(17)18/h2-5,8H,1H3. The highest BCUT2D eigenvalue weighted by atomic mass is 32.2. The Morgan fingerprint density at radius 3 is 2.63 bits per heavy atom. The average molecular weight is 286 g/mol. The minimum atomic E-state index is -2.74. The lowest BCUT2D eigenvalue weighted by Gasteiger charge is -2.03. The van der Waals surface area contributed by atoms with Gasteiger partial charge in [-0.3, -0.25) is 10.1 Å². The molecule has 2 rings (SSSR count). The number of hydrogen-bond acceptors (Lipinski definition) is 5. The second kappa shape index (κ2) is 5.31. The van der Waals surface area contributed by atoms with E-state index in [2.05, 4.69) is 10.2 Å². The summed E-state index contributed by atoms with van der Waals surface area (Å²) < 4.78 is 26.2. The summed E-state index contributed by atoms with van der Waals surface area (Å²) in [4.78, 5) is 10.6. The Bertz CT molecular complexity index is 617. The number of nitro benzene ring substituents is 1. The molecule has 0 radical (unpaired) electrons. The molecule has 19 heavy (non-hydrogen) atoms. The van der Waals surface area contributed by atoms with E-state index in [4.69, 9.17) is 0 Å². The van der Waals surface area contributed by atoms with Crippen LogP contribution in [0.2, 0.25) is 0 Å². The van der Waals surface area contributed by atoms with Gasteiger partial charge in [-0.25, -0.2) is 8.78 Å². The minimum Gasteiger partial charge on any atom is -0.304 e. The molecule has 0 atom stereocenters. The first-order chi connectivity index (χ1) is 9.00. The van der Waals surface area contributed by atoms with Crippen molar-refractivity contribution in [2.45, 2.75) is 16.5 Å². The van der Waals surface area contributed by atoms with Gasteiger partial charge in [0.2, 0.25) is 5.82 Å². The van der Waals surface area contributed by atoms with Crippen molar-refractivity contribution >= 4 is 17.4 Å². The normalized spacial score (nSPS) is 10.9. The summed E-state index contributed by atoms with van der Waals surface area (Å²) >= 11 is 0.922. The van der Waals surface area contributed by atoms with E-state index in [9.17, 15) is 18.9 Å². The van der Waals surface area contributed by atoms with Crippen LogP contribution >= 0.6 is 11.8 Å². The van der Waals surface area contributed by atoms with Crippen molar-refractivity contribution < 1.29 is 13.7 Å². The lowest BCUT2D eigenvalue weighted by Crippen LogP contribution is -1.99. The van der Waals surface area contributed by atoms with Crippen molar-refractivity contribution in [3.05, 3.63) is 40.2 Å². The Morgan fingerprint density at radius 2 is 2.05 bits per heavy atom. The smallest absolute Gasteiger partial charge is 0.297 e. The quantitative estimate of drug-likeness (QED) is 0.638. The highest BCUT2D eigenvalue weighted by Crippen LogP contribution is 2.34. The van der Waals surface area contributed by atoms with Gasteiger partial charge in [0.05, 0.1) is 9.82 Å². The first kappa shape index (κ1) is 13.4. The van der Waals surface area contributed by atoms with Gasteiger partial charge < -0.3 is 4.57 Å². The summed E-state index contributed by atoms with van der Waals surface area (Å²) in [5.74, 6) is -0.471. The molecule has 0 amide bonds. The molecule has 100 valence electrons. The lowest BCUT2D eigenvalue weighted by molar-refractivity contribution is -0.387. The third-order valence-electron chi connectivity index (χ3n) is 2.33. The molecule has 1 aromatic heterocycles. The Morgan fingerprint density at radius 1 is 1.37 bits per heavy atom. The fourth-order valence-corrected chi connectivity index (χ4v) is 2.30. The number of hydrogen-bond donors (Lipinski definition) is 0. The highest BCUT2D eigenvalue weighted by Gasteiger charge is 2.20. The van der Waals surface area contributed by atoms with Crippen molar-refractivity contribution in [2.75, 3.05) is 0 Å². The fraction of sp³-hybridized carbons (Fsp3) is 0.200. The van der Waals surface area contributed by atoms with E-state index in [1.54, 1.807) is 6.07 Å². The molecule has 0 spiro atoms. The topological polar surface area (TPSA) is 73.8 Å². The van der Waals surface area contributed by atoms with E-state index in [-0.39, 0.29) is 10.8 Å². The number of halogens is 2. The molecule has 9 heteroatoms. The Hall–Kier alpha value is -2.03. The fourth-order valence-electron chi connectivity index (χ4n) is 1.40. The van der Waals surface area contributed by atoms with Crippen molar-refractivity contribution in [2.24, 2.45) is 7.05 Å². The minimum absolute atomic E-state index is 0.103. The van der Waals surface area contributed by atoms with Crippen LogP contribution in [0.5, 0.6) is 0 Å². The van der Waals surface area contributed by atoms with Gasteiger partial charge in [-0.2, -0.15) is 0 Å². The summed E-state index contributed by atoms with van der Waals surface area (Å²) in [6, 6.07) is 6.02. The van der Waals surface area contributed by atoms with Crippen LogP contribution < -0.4 is 0 Å². The zero-order valence-electron chi connectivity index (χ0n) is 9.66. The molecule has 0 aliphatic carbocycles. The van der Waals surface area contributed by atoms with Gasteiger partial charge in [0.25, 0.3) is 12.1 Å². The molecule has 0 saturated carbocycles. The van der Waals surface area contributed by atoms with Gasteiger partial charge >= 0.3 is 0 Å². The van der Waals surface area contributed by atoms with Crippen molar-refractivity contribution in [1.82, 2.24) is 14.8 Å². The van der Waals surface area contributed by atoms with Gasteiger partial charge in [0.1, 0.15) is 0 Å². The highest BCUT2D eigenvalue weighted by molar-refractivity contribution is 7.99. The summed E-state index contributed by atoms with van der Waals surface area (Å²) in [5, 5.41) is 18.0. The SMILES string of the molecule is Cn1c(Sc2ccccc2[N+](=O)[O-])nnc1C(F)F. The molecule has 1 heterocycles. The van der Waals surface area contributed by atoms with E-state index in [0.29, 0.717) is 4.90 Å². The van der Waals surface area contributed by atoms with Crippen molar-refractivity contribution in [3.63, 3.8) is 0 Å². The van der Waals surface area contributed by atoms with Crippen LogP contribution in [0.3, 0.4) is 0 Å². The van der Waals surface area contributed by atoms with Crippen LogP contribution in [0, 0.1) is 10.1 Å². The number of rotatable bonds is 4. The van der Waals surface area contributed by atoms with Gasteiger partial charge in [-0.05, 0) is 17.8 Å². The van der Waals surface area contributed by atoms with E-state index >= 15 is 0 Å². The largest absolute Gasteiger partial charge is 0.304 e. The Balaban J connectivity index is 2.34. The molecule has 0 fully saturated rings. The maximum atomic E-state index is 12.5. The Labute approximate surface area is 110 Å². The molecule has 0 aliphatic rings. The predicted octanol–water partition coefficient (Wildman–Crippen LogP) is 2.81. The van der Waals surface area contributed by atoms with Gasteiger partial charge in [-0.15, -0.1) is 10.2 Å². The summed E-state index contributed by atoms with van der Waals surface area (Å²) in [5.41, 5.74) is -0.103. The molecule has 1 aromatic carbocycles. The Kier molecular flexibility index (Phi) is 3.74. The van der Waals surface area contributed by atoms with Crippen LogP contribution in [-0.2, 0) is 7.05 Å². The molecule has 0 saturated heterocycles.